The molecule has 0 saturated carbocycles. The lowest BCUT2D eigenvalue weighted by molar-refractivity contribution is -0.134. The molecular weight excluding hydrogens is 546 g/mol. The summed E-state index contributed by atoms with van der Waals surface area (Å²) in [6.45, 7) is 3.12. The zero-order valence-electron chi connectivity index (χ0n) is 21.2. The Labute approximate surface area is 231 Å². The molecule has 0 radical (unpaired) electrons. The van der Waals surface area contributed by atoms with E-state index in [4.69, 9.17) is 32.9 Å². The molecule has 4 rings (SSSR count). The largest absolute Gasteiger partial charge is 0.507 e. The molecule has 6 N–H and O–H groups in total. The van der Waals surface area contributed by atoms with Crippen molar-refractivity contribution in [3.63, 3.8) is 0 Å². The Morgan fingerprint density at radius 1 is 1.23 bits per heavy atom. The number of nitrogens with two attached hydrogens (primary N) is 1. The molecule has 0 aliphatic carbocycles. The summed E-state index contributed by atoms with van der Waals surface area (Å²) in [5, 5.41) is 35.1. The summed E-state index contributed by atoms with van der Waals surface area (Å²) >= 11 is 6.53. The molecule has 11 nitrogen and oxygen atoms in total. The van der Waals surface area contributed by atoms with E-state index in [0.717, 1.165) is 4.31 Å². The van der Waals surface area contributed by atoms with Crippen LogP contribution in [0.25, 0.3) is 6.08 Å². The maximum absolute atomic E-state index is 13.2. The second-order valence-corrected chi connectivity index (χ2v) is 11.8. The van der Waals surface area contributed by atoms with Gasteiger partial charge in [-0.25, -0.2) is 8.42 Å². The first-order valence-corrected chi connectivity index (χ1v) is 14.2. The number of aliphatic carboxylic acids is 1. The number of carboxylic acid groups (broad SMARTS) is 1. The molecule has 208 valence electrons. The van der Waals surface area contributed by atoms with Crippen LogP contribution >= 0.6 is 11.6 Å². The number of likely N-dealkylation sites (tertiary alicyclic amines) is 1. The van der Waals surface area contributed by atoms with Crippen LogP contribution in [-0.4, -0.2) is 72.2 Å². The number of hydrogen-bond donors (Lipinski definition) is 5. The van der Waals surface area contributed by atoms with Gasteiger partial charge in [-0.05, 0) is 49.2 Å². The van der Waals surface area contributed by atoms with Gasteiger partial charge in [-0.1, -0.05) is 23.8 Å². The van der Waals surface area contributed by atoms with Crippen molar-refractivity contribution in [2.24, 2.45) is 5.73 Å². The van der Waals surface area contributed by atoms with E-state index in [-0.39, 0.29) is 34.8 Å². The second kappa shape index (κ2) is 11.1. The fourth-order valence-corrected chi connectivity index (χ4v) is 6.50. The minimum Gasteiger partial charge on any atom is -0.507 e. The van der Waals surface area contributed by atoms with Gasteiger partial charge < -0.3 is 25.6 Å². The zero-order valence-corrected chi connectivity index (χ0v) is 22.8. The van der Waals surface area contributed by atoms with Crippen LogP contribution in [0.2, 0.25) is 5.02 Å². The number of benzene rings is 2. The summed E-state index contributed by atoms with van der Waals surface area (Å²) in [6.07, 6.45) is 4.59. The van der Waals surface area contributed by atoms with Crippen LogP contribution in [-0.2, 0) is 21.2 Å². The summed E-state index contributed by atoms with van der Waals surface area (Å²) in [4.78, 5) is 13.3. The molecule has 0 spiro atoms. The highest BCUT2D eigenvalue weighted by Gasteiger charge is 2.38. The maximum Gasteiger partial charge on any atom is 0.320 e. The lowest BCUT2D eigenvalue weighted by Gasteiger charge is -2.33. The van der Waals surface area contributed by atoms with Crippen LogP contribution in [0.5, 0.6) is 11.5 Å². The number of phenolic OH excluding ortho intramolecular Hbond substituents is 1. The van der Waals surface area contributed by atoms with E-state index in [9.17, 15) is 23.4 Å². The van der Waals surface area contributed by atoms with Gasteiger partial charge in [0, 0.05) is 37.1 Å². The summed E-state index contributed by atoms with van der Waals surface area (Å²) in [5.41, 5.74) is 7.13. The van der Waals surface area contributed by atoms with Crippen molar-refractivity contribution < 1.29 is 28.2 Å². The number of anilines is 1. The lowest BCUT2D eigenvalue weighted by atomic mass is 10.1. The van der Waals surface area contributed by atoms with Gasteiger partial charge in [0.15, 0.2) is 5.75 Å². The number of carbonyl (C=O) groups is 1. The fourth-order valence-electron chi connectivity index (χ4n) is 4.82. The highest BCUT2D eigenvalue weighted by Crippen LogP contribution is 2.42. The number of carboxylic acids is 1. The monoisotopic (exact) mass is 575 g/mol. The Kier molecular flexibility index (Phi) is 8.07. The van der Waals surface area contributed by atoms with E-state index in [1.54, 1.807) is 19.1 Å². The van der Waals surface area contributed by atoms with Crippen LogP contribution in [0.3, 0.4) is 0 Å². The standard InChI is InChI=1S/C26H30ClN5O6S/c1-15(28)31-8-6-20(7-9-31)38-24-12-18-11-19(4-2-16-10-17(26(29)30)3-5-23(16)33)32(22(18)13-21(24)27)39(36,37)14-25(34)35/h2-5,10,12-13,19-20,28,33H,6-9,11,14H2,1H3,(H3,29,30)(H,34,35)/b4-2+,28-15?. The third-order valence-corrected chi connectivity index (χ3v) is 8.73. The van der Waals surface area contributed by atoms with Crippen molar-refractivity contribution in [2.45, 2.75) is 38.3 Å². The molecule has 1 fully saturated rings. The summed E-state index contributed by atoms with van der Waals surface area (Å²) in [7, 11) is -4.29. The van der Waals surface area contributed by atoms with Crippen molar-refractivity contribution in [3.8, 4) is 11.5 Å². The molecule has 39 heavy (non-hydrogen) atoms. The van der Waals surface area contributed by atoms with Crippen LogP contribution in [0.4, 0.5) is 5.69 Å². The Morgan fingerprint density at radius 3 is 2.54 bits per heavy atom. The second-order valence-electron chi connectivity index (χ2n) is 9.56. The molecule has 2 aliphatic rings. The highest BCUT2D eigenvalue weighted by molar-refractivity contribution is 7.93. The highest BCUT2D eigenvalue weighted by atomic mass is 35.5. The number of aromatic hydroxyl groups is 1. The van der Waals surface area contributed by atoms with Crippen LogP contribution < -0.4 is 14.8 Å². The van der Waals surface area contributed by atoms with Crippen molar-refractivity contribution in [1.82, 2.24) is 4.90 Å². The molecule has 2 heterocycles. The fraction of sp³-hybridized carbons (Fsp3) is 0.346. The Morgan fingerprint density at radius 2 is 1.92 bits per heavy atom. The Balaban J connectivity index is 1.65. The predicted octanol–water partition coefficient (Wildman–Crippen LogP) is 3.03. The average molecular weight is 576 g/mol. The summed E-state index contributed by atoms with van der Waals surface area (Å²) in [5.74, 6) is -1.96. The smallest absolute Gasteiger partial charge is 0.320 e. The normalized spacial score (nSPS) is 17.8. The van der Waals surface area contributed by atoms with Crippen molar-refractivity contribution in [1.29, 1.82) is 10.8 Å². The number of nitrogens with one attached hydrogen (secondary N) is 2. The van der Waals surface area contributed by atoms with Gasteiger partial charge in [-0.3, -0.25) is 19.9 Å². The SMILES string of the molecule is CC(=N)N1CCC(Oc2cc3c(cc2Cl)N(S(=O)(=O)CC(=O)O)C(/C=C/c2cc(C(=N)N)ccc2O)C3)CC1. The van der Waals surface area contributed by atoms with E-state index in [2.05, 4.69) is 0 Å². The first-order valence-electron chi connectivity index (χ1n) is 12.2. The van der Waals surface area contributed by atoms with Crippen LogP contribution in [0.1, 0.15) is 36.5 Å². The molecule has 0 bridgehead atoms. The summed E-state index contributed by atoms with van der Waals surface area (Å²) in [6, 6.07) is 6.75. The number of phenols is 1. The van der Waals surface area contributed by atoms with Gasteiger partial charge in [-0.15, -0.1) is 0 Å². The van der Waals surface area contributed by atoms with E-state index < -0.39 is 27.8 Å². The van der Waals surface area contributed by atoms with Crippen molar-refractivity contribution in [2.75, 3.05) is 23.1 Å². The van der Waals surface area contributed by atoms with Gasteiger partial charge in [-0.2, -0.15) is 0 Å². The molecule has 1 saturated heterocycles. The summed E-state index contributed by atoms with van der Waals surface area (Å²) < 4.78 is 33.5. The number of halogens is 1. The number of piperidine rings is 1. The van der Waals surface area contributed by atoms with Crippen molar-refractivity contribution >= 4 is 51.0 Å². The van der Waals surface area contributed by atoms with Gasteiger partial charge >= 0.3 is 5.97 Å². The molecule has 1 atom stereocenters. The van der Waals surface area contributed by atoms with E-state index in [0.29, 0.717) is 54.2 Å². The van der Waals surface area contributed by atoms with E-state index >= 15 is 0 Å². The molecule has 1 unspecified atom stereocenters. The van der Waals surface area contributed by atoms with Gasteiger partial charge in [0.2, 0.25) is 10.0 Å². The maximum atomic E-state index is 13.2. The van der Waals surface area contributed by atoms with Gasteiger partial charge in [0.1, 0.15) is 23.4 Å². The third kappa shape index (κ3) is 6.28. The molecule has 13 heteroatoms. The number of fused-ring (bicyclic) bond motifs is 1. The predicted molar refractivity (Wildman–Crippen MR) is 150 cm³/mol. The molecule has 0 amide bonds. The number of amidine groups is 2. The number of nitrogens with zero attached hydrogens (tertiary/aromatic N) is 2. The number of hydrogen-bond acceptors (Lipinski definition) is 7. The number of rotatable bonds is 8. The first-order chi connectivity index (χ1) is 18.4. The number of ether oxygens (including phenoxy) is 1. The number of nitrogen functional groups attached to an aromatic ring is 1. The number of sulfonamides is 1. The minimum atomic E-state index is -4.29. The van der Waals surface area contributed by atoms with Crippen LogP contribution in [0, 0.1) is 10.8 Å². The van der Waals surface area contributed by atoms with Gasteiger partial charge in [0.25, 0.3) is 0 Å². The minimum absolute atomic E-state index is 0.0882. The molecule has 0 aromatic heterocycles. The molecular formula is C26H30ClN5O6S. The van der Waals surface area contributed by atoms with Crippen molar-refractivity contribution in [3.05, 3.63) is 58.1 Å². The Bertz CT molecular complexity index is 1450. The molecule has 2 aromatic rings. The van der Waals surface area contributed by atoms with Crippen LogP contribution in [0.15, 0.2) is 36.4 Å². The zero-order chi connectivity index (χ0) is 28.5. The first kappa shape index (κ1) is 28.2. The topological polar surface area (TPSA) is 181 Å². The molecule has 2 aromatic carbocycles. The third-order valence-electron chi connectivity index (χ3n) is 6.75. The molecule has 2 aliphatic heterocycles. The quantitative estimate of drug-likeness (QED) is 0.235. The average Bonchev–Trinajstić information content (AvgIpc) is 3.21. The lowest BCUT2D eigenvalue weighted by Crippen LogP contribution is -2.40. The van der Waals surface area contributed by atoms with E-state index in [1.165, 1.54) is 30.3 Å². The van der Waals surface area contributed by atoms with E-state index in [1.807, 2.05) is 4.90 Å². The van der Waals surface area contributed by atoms with Gasteiger partial charge in [0.05, 0.1) is 22.6 Å². The Hall–Kier alpha value is -3.77.